The molecule has 0 saturated heterocycles. The molecule has 1 amide bonds. The summed E-state index contributed by atoms with van der Waals surface area (Å²) in [6.45, 7) is -0.342. The molecule has 1 N–H and O–H groups in total. The highest BCUT2D eigenvalue weighted by Crippen LogP contribution is 2.24. The Bertz CT molecular complexity index is 526. The Morgan fingerprint density at radius 3 is 2.53 bits per heavy atom. The van der Waals surface area contributed by atoms with Gasteiger partial charge >= 0.3 is 5.97 Å². The normalized spacial score (nSPS) is 9.79. The molecule has 0 atom stereocenters. The molecule has 1 aromatic carbocycles. The van der Waals surface area contributed by atoms with E-state index in [2.05, 4.69) is 0 Å². The first-order valence-corrected chi connectivity index (χ1v) is 5.17. The number of carbonyl (C=O) groups is 2. The summed E-state index contributed by atoms with van der Waals surface area (Å²) in [5.74, 6) is -1.81. The Morgan fingerprint density at radius 2 is 2.05 bits per heavy atom. The highest BCUT2D eigenvalue weighted by molar-refractivity contribution is 5.92. The van der Waals surface area contributed by atoms with Gasteiger partial charge in [-0.05, 0) is 6.07 Å². The van der Waals surface area contributed by atoms with Gasteiger partial charge in [-0.15, -0.1) is 0 Å². The second-order valence-electron chi connectivity index (χ2n) is 3.82. The predicted molar refractivity (Wildman–Crippen MR) is 64.2 cm³/mol. The van der Waals surface area contributed by atoms with Crippen molar-refractivity contribution in [3.8, 4) is 5.75 Å². The van der Waals surface area contributed by atoms with Crippen molar-refractivity contribution in [1.29, 1.82) is 0 Å². The van der Waals surface area contributed by atoms with Gasteiger partial charge in [-0.3, -0.25) is 14.9 Å². The smallest absolute Gasteiger partial charge is 0.339 e. The second-order valence-corrected chi connectivity index (χ2v) is 3.82. The van der Waals surface area contributed by atoms with Crippen LogP contribution in [0, 0.1) is 10.1 Å². The average Bonchev–Trinajstić information content (AvgIpc) is 2.35. The number of hydrogen-bond acceptors (Lipinski definition) is 5. The van der Waals surface area contributed by atoms with Crippen LogP contribution in [0.15, 0.2) is 18.2 Å². The number of nitro groups is 1. The minimum absolute atomic E-state index is 0.0895. The summed E-state index contributed by atoms with van der Waals surface area (Å²) in [5, 5.41) is 19.5. The molecule has 0 unspecified atom stereocenters. The first kappa shape index (κ1) is 14.4. The van der Waals surface area contributed by atoms with E-state index in [0.29, 0.717) is 0 Å². The number of benzene rings is 1. The van der Waals surface area contributed by atoms with E-state index in [-0.39, 0.29) is 29.5 Å². The van der Waals surface area contributed by atoms with Crippen LogP contribution in [0.1, 0.15) is 10.4 Å². The first-order valence-electron chi connectivity index (χ1n) is 5.17. The van der Waals surface area contributed by atoms with Crippen molar-refractivity contribution >= 4 is 17.6 Å². The molecular weight excluding hydrogens is 256 g/mol. The number of likely N-dealkylation sites (N-methyl/N-ethyl adjacent to an activating group) is 1. The minimum Gasteiger partial charge on any atom is -0.483 e. The highest BCUT2D eigenvalue weighted by Gasteiger charge is 2.18. The third-order valence-electron chi connectivity index (χ3n) is 2.25. The minimum atomic E-state index is -1.36. The number of nitro benzene ring substituents is 1. The van der Waals surface area contributed by atoms with Gasteiger partial charge in [0.05, 0.1) is 4.92 Å². The van der Waals surface area contributed by atoms with Crippen LogP contribution in [-0.4, -0.2) is 47.5 Å². The molecule has 19 heavy (non-hydrogen) atoms. The maximum absolute atomic E-state index is 11.3. The van der Waals surface area contributed by atoms with Crippen molar-refractivity contribution in [1.82, 2.24) is 4.90 Å². The second kappa shape index (κ2) is 5.80. The van der Waals surface area contributed by atoms with E-state index in [4.69, 9.17) is 9.84 Å². The predicted octanol–water partition coefficient (Wildman–Crippen LogP) is 0.760. The number of nitrogens with zero attached hydrogens (tertiary/aromatic N) is 2. The molecule has 0 aliphatic heterocycles. The van der Waals surface area contributed by atoms with Gasteiger partial charge in [-0.2, -0.15) is 0 Å². The van der Waals surface area contributed by atoms with Gasteiger partial charge in [-0.25, -0.2) is 4.79 Å². The Labute approximate surface area is 108 Å². The number of carbonyl (C=O) groups excluding carboxylic acids is 1. The Balaban J connectivity index is 2.98. The molecule has 0 fully saturated rings. The lowest BCUT2D eigenvalue weighted by Gasteiger charge is -2.12. The van der Waals surface area contributed by atoms with Crippen LogP contribution in [-0.2, 0) is 4.79 Å². The van der Waals surface area contributed by atoms with Crippen LogP contribution < -0.4 is 4.74 Å². The summed E-state index contributed by atoms with van der Waals surface area (Å²) in [6.07, 6.45) is 0. The molecule has 0 aliphatic carbocycles. The van der Waals surface area contributed by atoms with Crippen molar-refractivity contribution in [3.63, 3.8) is 0 Å². The molecule has 0 saturated carbocycles. The van der Waals surface area contributed by atoms with Crippen LogP contribution in [0.4, 0.5) is 5.69 Å². The van der Waals surface area contributed by atoms with Crippen molar-refractivity contribution in [2.75, 3.05) is 20.7 Å². The molecule has 0 spiro atoms. The molecule has 1 rings (SSSR count). The third kappa shape index (κ3) is 3.66. The van der Waals surface area contributed by atoms with Crippen molar-refractivity contribution in [2.45, 2.75) is 0 Å². The molecule has 1 aromatic rings. The monoisotopic (exact) mass is 268 g/mol. The molecular formula is C11H12N2O6. The summed E-state index contributed by atoms with van der Waals surface area (Å²) in [4.78, 5) is 33.4. The Hall–Kier alpha value is -2.64. The maximum atomic E-state index is 11.3. The Kier molecular flexibility index (Phi) is 4.41. The first-order chi connectivity index (χ1) is 8.82. The summed E-state index contributed by atoms with van der Waals surface area (Å²) in [5.41, 5.74) is -0.718. The Morgan fingerprint density at radius 1 is 1.42 bits per heavy atom. The van der Waals surface area contributed by atoms with Crippen LogP contribution >= 0.6 is 0 Å². The molecule has 0 heterocycles. The van der Waals surface area contributed by atoms with E-state index in [1.165, 1.54) is 19.0 Å². The van der Waals surface area contributed by atoms with E-state index in [9.17, 15) is 19.7 Å². The number of aromatic carboxylic acids is 1. The van der Waals surface area contributed by atoms with Crippen molar-refractivity contribution in [3.05, 3.63) is 33.9 Å². The van der Waals surface area contributed by atoms with E-state index >= 15 is 0 Å². The third-order valence-corrected chi connectivity index (χ3v) is 2.25. The fraction of sp³-hybridized carbons (Fsp3) is 0.273. The van der Waals surface area contributed by atoms with Gasteiger partial charge in [0.25, 0.3) is 11.6 Å². The van der Waals surface area contributed by atoms with Gasteiger partial charge < -0.3 is 14.7 Å². The van der Waals surface area contributed by atoms with Gasteiger partial charge in [0.1, 0.15) is 11.3 Å². The highest BCUT2D eigenvalue weighted by atomic mass is 16.6. The molecule has 0 aliphatic rings. The number of carboxylic acid groups (broad SMARTS) is 1. The van der Waals surface area contributed by atoms with Gasteiger partial charge in [0.15, 0.2) is 6.61 Å². The molecule has 102 valence electrons. The summed E-state index contributed by atoms with van der Waals surface area (Å²) >= 11 is 0. The molecule has 0 aromatic heterocycles. The number of rotatable bonds is 5. The van der Waals surface area contributed by atoms with E-state index in [0.717, 1.165) is 18.2 Å². The van der Waals surface area contributed by atoms with E-state index < -0.39 is 10.9 Å². The quantitative estimate of drug-likeness (QED) is 0.623. The van der Waals surface area contributed by atoms with Gasteiger partial charge in [0, 0.05) is 26.2 Å². The van der Waals surface area contributed by atoms with Crippen molar-refractivity contribution < 1.29 is 24.4 Å². The number of non-ortho nitro benzene ring substituents is 1. The fourth-order valence-electron chi connectivity index (χ4n) is 1.19. The number of amides is 1. The van der Waals surface area contributed by atoms with Crippen LogP contribution in [0.25, 0.3) is 0 Å². The van der Waals surface area contributed by atoms with Crippen LogP contribution in [0.5, 0.6) is 5.75 Å². The van der Waals surface area contributed by atoms with Crippen molar-refractivity contribution in [2.24, 2.45) is 0 Å². The van der Waals surface area contributed by atoms with Gasteiger partial charge in [0.2, 0.25) is 0 Å². The molecule has 8 nitrogen and oxygen atoms in total. The van der Waals surface area contributed by atoms with Gasteiger partial charge in [-0.1, -0.05) is 0 Å². The number of hydrogen-bond donors (Lipinski definition) is 1. The number of ether oxygens (including phenoxy) is 1. The fourth-order valence-corrected chi connectivity index (χ4v) is 1.19. The summed E-state index contributed by atoms with van der Waals surface area (Å²) in [6, 6.07) is 3.16. The summed E-state index contributed by atoms with van der Waals surface area (Å²) in [7, 11) is 3.05. The number of carboxylic acids is 1. The summed E-state index contributed by atoms with van der Waals surface area (Å²) < 4.78 is 5.06. The largest absolute Gasteiger partial charge is 0.483 e. The SMILES string of the molecule is CN(C)C(=O)COc1ccc([N+](=O)[O-])cc1C(=O)O. The van der Waals surface area contributed by atoms with Crippen LogP contribution in [0.2, 0.25) is 0 Å². The molecule has 0 bridgehead atoms. The molecule has 0 radical (unpaired) electrons. The standard InChI is InChI=1S/C11H12N2O6/c1-12(2)10(14)6-19-9-4-3-7(13(17)18)5-8(9)11(15)16/h3-5H,6H2,1-2H3,(H,15,16). The lowest BCUT2D eigenvalue weighted by atomic mass is 10.2. The van der Waals surface area contributed by atoms with E-state index in [1.54, 1.807) is 0 Å². The zero-order valence-electron chi connectivity index (χ0n) is 10.3. The lowest BCUT2D eigenvalue weighted by Crippen LogP contribution is -2.27. The zero-order chi connectivity index (χ0) is 14.6. The maximum Gasteiger partial charge on any atom is 0.339 e. The average molecular weight is 268 g/mol. The lowest BCUT2D eigenvalue weighted by molar-refractivity contribution is -0.384. The van der Waals surface area contributed by atoms with E-state index in [1.807, 2.05) is 0 Å². The topological polar surface area (TPSA) is 110 Å². The van der Waals surface area contributed by atoms with Crippen LogP contribution in [0.3, 0.4) is 0 Å². The zero-order valence-corrected chi connectivity index (χ0v) is 10.3. The molecule has 8 heteroatoms.